The van der Waals surface area contributed by atoms with Crippen LogP contribution in [0.4, 0.5) is 0 Å². The van der Waals surface area contributed by atoms with Crippen LogP contribution in [0.5, 0.6) is 0 Å². The molecule has 0 amide bonds. The van der Waals surface area contributed by atoms with E-state index in [1.165, 1.54) is 5.56 Å². The average Bonchev–Trinajstić information content (AvgIpc) is 2.53. The number of hydrogen-bond acceptors (Lipinski definition) is 4. The Balaban J connectivity index is 2.04. The number of ketones is 1. The maximum absolute atomic E-state index is 12.5. The van der Waals surface area contributed by atoms with Gasteiger partial charge in [-0.05, 0) is 44.4 Å². The number of Topliss-reactive ketones (excluding diaryl/α,β-unsaturated/α-hetero) is 1. The quantitative estimate of drug-likeness (QED) is 0.737. The minimum Gasteiger partial charge on any atom is -0.457 e. The van der Waals surface area contributed by atoms with Crippen molar-refractivity contribution in [1.29, 1.82) is 0 Å². The minimum atomic E-state index is -0.528. The lowest BCUT2D eigenvalue weighted by molar-refractivity contribution is -0.188. The van der Waals surface area contributed by atoms with Gasteiger partial charge in [0.15, 0.2) is 0 Å². The number of ether oxygens (including phenoxy) is 1. The summed E-state index contributed by atoms with van der Waals surface area (Å²) in [6, 6.07) is 7.77. The fourth-order valence-corrected chi connectivity index (χ4v) is 3.45. The van der Waals surface area contributed by atoms with Crippen LogP contribution >= 0.6 is 0 Å². The first-order valence-electron chi connectivity index (χ1n) is 9.24. The molecule has 1 aliphatic rings. The molecule has 0 aliphatic carbocycles. The molecule has 0 bridgehead atoms. The third-order valence-corrected chi connectivity index (χ3v) is 5.37. The molecule has 2 atom stereocenters. The van der Waals surface area contributed by atoms with E-state index >= 15 is 0 Å². The molecule has 2 rings (SSSR count). The van der Waals surface area contributed by atoms with Gasteiger partial charge in [-0.25, -0.2) is 0 Å². The van der Waals surface area contributed by atoms with Gasteiger partial charge in [0, 0.05) is 18.9 Å². The minimum absolute atomic E-state index is 0.0737. The van der Waals surface area contributed by atoms with Crippen molar-refractivity contribution < 1.29 is 14.3 Å². The predicted octanol–water partition coefficient (Wildman–Crippen LogP) is 3.73. The van der Waals surface area contributed by atoms with Crippen molar-refractivity contribution in [2.45, 2.75) is 78.0 Å². The molecule has 0 aromatic heterocycles. The van der Waals surface area contributed by atoms with Gasteiger partial charge in [0.1, 0.15) is 17.4 Å². The van der Waals surface area contributed by atoms with E-state index in [2.05, 4.69) is 37.8 Å². The fraction of sp³-hybridized carbons (Fsp3) is 0.619. The van der Waals surface area contributed by atoms with Crippen LogP contribution < -0.4 is 0 Å². The zero-order chi connectivity index (χ0) is 18.8. The number of cyclic esters (lactones) is 1. The summed E-state index contributed by atoms with van der Waals surface area (Å²) in [5.74, 6) is 0.266. The Labute approximate surface area is 151 Å². The van der Waals surface area contributed by atoms with Crippen molar-refractivity contribution >= 4 is 11.8 Å². The van der Waals surface area contributed by atoms with Gasteiger partial charge in [-0.3, -0.25) is 14.5 Å². The number of benzene rings is 1. The van der Waals surface area contributed by atoms with Crippen molar-refractivity contribution in [1.82, 2.24) is 4.90 Å². The van der Waals surface area contributed by atoms with E-state index < -0.39 is 11.6 Å². The molecule has 25 heavy (non-hydrogen) atoms. The highest BCUT2D eigenvalue weighted by Crippen LogP contribution is 2.30. The number of rotatable bonds is 6. The maximum atomic E-state index is 12.5. The van der Waals surface area contributed by atoms with E-state index in [0.717, 1.165) is 12.1 Å². The van der Waals surface area contributed by atoms with Gasteiger partial charge in [0.25, 0.3) is 0 Å². The van der Waals surface area contributed by atoms with Crippen LogP contribution in [-0.2, 0) is 20.7 Å². The van der Waals surface area contributed by atoms with Crippen molar-refractivity contribution in [3.05, 3.63) is 35.4 Å². The molecule has 2 unspecified atom stereocenters. The second-order valence-electron chi connectivity index (χ2n) is 7.86. The second kappa shape index (κ2) is 7.69. The molecule has 4 nitrogen and oxygen atoms in total. The normalized spacial score (nSPS) is 23.6. The number of carbonyl (C=O) groups is 2. The van der Waals surface area contributed by atoms with Crippen LogP contribution in [0.2, 0.25) is 0 Å². The SMILES string of the molecule is CCN1C(CC(=O)Cc2ccc(C(C)C)cc2)C(=O)OC(C)(C)C1C. The Morgan fingerprint density at radius 1 is 1.24 bits per heavy atom. The molecule has 1 fully saturated rings. The standard InChI is InChI=1S/C21H31NO3/c1-7-22-15(4)21(5,6)25-20(24)19(22)13-18(23)12-16-8-10-17(11-9-16)14(2)3/h8-11,14-15,19H,7,12-13H2,1-6H3. The molecule has 1 aromatic carbocycles. The molecule has 0 radical (unpaired) electrons. The Kier molecular flexibility index (Phi) is 6.04. The third-order valence-electron chi connectivity index (χ3n) is 5.37. The smallest absolute Gasteiger partial charge is 0.324 e. The van der Waals surface area contributed by atoms with Crippen molar-refractivity contribution in [3.8, 4) is 0 Å². The van der Waals surface area contributed by atoms with E-state index in [-0.39, 0.29) is 24.2 Å². The van der Waals surface area contributed by atoms with E-state index in [1.54, 1.807) is 0 Å². The largest absolute Gasteiger partial charge is 0.457 e. The summed E-state index contributed by atoms with van der Waals surface area (Å²) in [5.41, 5.74) is 1.73. The van der Waals surface area contributed by atoms with E-state index in [9.17, 15) is 9.59 Å². The Bertz CT molecular complexity index is 619. The fourth-order valence-electron chi connectivity index (χ4n) is 3.45. The molecule has 0 N–H and O–H groups in total. The topological polar surface area (TPSA) is 46.6 Å². The number of hydrogen-bond donors (Lipinski definition) is 0. The average molecular weight is 345 g/mol. The van der Waals surface area contributed by atoms with E-state index in [1.807, 2.05) is 32.9 Å². The molecular weight excluding hydrogens is 314 g/mol. The molecule has 1 aromatic rings. The lowest BCUT2D eigenvalue weighted by atomic mass is 9.91. The van der Waals surface area contributed by atoms with Crippen molar-refractivity contribution in [3.63, 3.8) is 0 Å². The number of esters is 1. The summed E-state index contributed by atoms with van der Waals surface area (Å²) in [7, 11) is 0. The summed E-state index contributed by atoms with van der Waals surface area (Å²) in [6.45, 7) is 12.9. The number of carbonyl (C=O) groups excluding carboxylic acids is 2. The van der Waals surface area contributed by atoms with Gasteiger partial charge in [-0.15, -0.1) is 0 Å². The summed E-state index contributed by atoms with van der Waals surface area (Å²) in [4.78, 5) is 27.0. The van der Waals surface area contributed by atoms with Gasteiger partial charge < -0.3 is 4.74 Å². The third kappa shape index (κ3) is 4.49. The highest BCUT2D eigenvalue weighted by Gasteiger charge is 2.45. The van der Waals surface area contributed by atoms with Gasteiger partial charge in [0.05, 0.1) is 0 Å². The zero-order valence-corrected chi connectivity index (χ0v) is 16.3. The Morgan fingerprint density at radius 3 is 2.36 bits per heavy atom. The first-order chi connectivity index (χ1) is 11.7. The summed E-state index contributed by atoms with van der Waals surface area (Å²) < 4.78 is 5.59. The molecule has 1 aliphatic heterocycles. The molecule has 138 valence electrons. The molecule has 0 spiro atoms. The monoisotopic (exact) mass is 345 g/mol. The second-order valence-corrected chi connectivity index (χ2v) is 7.86. The van der Waals surface area contributed by atoms with Gasteiger partial charge in [-0.1, -0.05) is 45.0 Å². The molecule has 4 heteroatoms. The van der Waals surface area contributed by atoms with E-state index in [4.69, 9.17) is 4.74 Å². The van der Waals surface area contributed by atoms with Crippen LogP contribution in [0, 0.1) is 0 Å². The van der Waals surface area contributed by atoms with Crippen LogP contribution in [0.1, 0.15) is 65.0 Å². The molecular formula is C21H31NO3. The highest BCUT2D eigenvalue weighted by atomic mass is 16.6. The number of morpholine rings is 1. The van der Waals surface area contributed by atoms with Crippen molar-refractivity contribution in [2.75, 3.05) is 6.54 Å². The Morgan fingerprint density at radius 2 is 1.84 bits per heavy atom. The van der Waals surface area contributed by atoms with E-state index in [0.29, 0.717) is 12.3 Å². The first-order valence-corrected chi connectivity index (χ1v) is 9.24. The highest BCUT2D eigenvalue weighted by molar-refractivity contribution is 5.88. The lowest BCUT2D eigenvalue weighted by Crippen LogP contribution is -2.62. The van der Waals surface area contributed by atoms with Crippen LogP contribution in [0.25, 0.3) is 0 Å². The number of nitrogens with zero attached hydrogens (tertiary/aromatic N) is 1. The maximum Gasteiger partial charge on any atom is 0.324 e. The summed E-state index contributed by atoms with van der Waals surface area (Å²) in [5, 5.41) is 0. The predicted molar refractivity (Wildman–Crippen MR) is 99.7 cm³/mol. The number of likely N-dealkylation sites (N-methyl/N-ethyl adjacent to an activating group) is 1. The van der Waals surface area contributed by atoms with Gasteiger partial charge >= 0.3 is 5.97 Å². The molecule has 1 heterocycles. The van der Waals surface area contributed by atoms with Gasteiger partial charge in [-0.2, -0.15) is 0 Å². The van der Waals surface area contributed by atoms with Gasteiger partial charge in [0.2, 0.25) is 0 Å². The lowest BCUT2D eigenvalue weighted by Gasteiger charge is -2.47. The van der Waals surface area contributed by atoms with Crippen LogP contribution in [-0.4, -0.2) is 40.9 Å². The van der Waals surface area contributed by atoms with Crippen LogP contribution in [0.15, 0.2) is 24.3 Å². The van der Waals surface area contributed by atoms with Crippen LogP contribution in [0.3, 0.4) is 0 Å². The Hall–Kier alpha value is -1.68. The zero-order valence-electron chi connectivity index (χ0n) is 16.3. The van der Waals surface area contributed by atoms with Crippen molar-refractivity contribution in [2.24, 2.45) is 0 Å². The summed E-state index contributed by atoms with van der Waals surface area (Å²) in [6.07, 6.45) is 0.566. The molecule has 0 saturated carbocycles. The summed E-state index contributed by atoms with van der Waals surface area (Å²) >= 11 is 0. The first kappa shape index (κ1) is 19.6. The molecule has 1 saturated heterocycles.